The minimum Gasteiger partial charge on any atom is -0.396 e. The Bertz CT molecular complexity index is 2590. The van der Waals surface area contributed by atoms with Crippen LogP contribution in [0.4, 0.5) is 11.6 Å². The highest BCUT2D eigenvalue weighted by molar-refractivity contribution is 6.68. The SMILES string of the molecule is OCC1CCC(CO[Si]2(OCC3CCC(CO)CC3)N3/C4=N\C5=NC(=N\c6c7ccccc7c(n62)/N=C2\N=C(NC3c3ccccc34)C3=C2C=CCC3)/C2=C5C=CCC2)CC1. The number of amidine groups is 5. The molecule has 3 N–H and O–H groups in total. The number of rotatable bonds is 8. The molecular weight excluding hydrogens is 781 g/mol. The van der Waals surface area contributed by atoms with E-state index in [9.17, 15) is 10.2 Å². The van der Waals surface area contributed by atoms with Crippen LogP contribution in [-0.4, -0.2) is 83.5 Å². The van der Waals surface area contributed by atoms with Crippen LogP contribution in [0.3, 0.4) is 0 Å². The molecule has 1 atom stereocenters. The van der Waals surface area contributed by atoms with Crippen LogP contribution in [0.1, 0.15) is 94.3 Å². The van der Waals surface area contributed by atoms with E-state index in [0.29, 0.717) is 42.6 Å². The van der Waals surface area contributed by atoms with Crippen molar-refractivity contribution in [2.45, 2.75) is 83.2 Å². The Balaban J connectivity index is 1.16. The first-order chi connectivity index (χ1) is 30.1. The number of nitrogens with one attached hydrogen (secondary N) is 1. The highest BCUT2D eigenvalue weighted by Gasteiger charge is 2.61. The van der Waals surface area contributed by atoms with Crippen LogP contribution >= 0.6 is 0 Å². The fourth-order valence-corrected chi connectivity index (χ4v) is 14.7. The lowest BCUT2D eigenvalue weighted by molar-refractivity contribution is 0.0557. The van der Waals surface area contributed by atoms with Crippen LogP contribution < -0.4 is 5.32 Å². The van der Waals surface area contributed by atoms with Crippen molar-refractivity contribution in [1.29, 1.82) is 0 Å². The molecule has 0 radical (unpaired) electrons. The molecule has 2 saturated carbocycles. The number of allylic oxidation sites excluding steroid dienone is 2. The smallest absolute Gasteiger partial charge is 0.396 e. The molecule has 0 saturated heterocycles. The maximum atomic E-state index is 10.1. The summed E-state index contributed by atoms with van der Waals surface area (Å²) in [6.45, 7) is 1.41. The number of aliphatic hydroxyl groups is 2. The summed E-state index contributed by atoms with van der Waals surface area (Å²) in [5, 5.41) is 26.1. The van der Waals surface area contributed by atoms with Crippen molar-refractivity contribution in [3.05, 3.63) is 106 Å². The zero-order valence-corrected chi connectivity index (χ0v) is 35.5. The monoisotopic (exact) mass is 832 g/mol. The fraction of sp³-hybridized carbons (Fsp3) is 0.438. The molecule has 0 spiro atoms. The Labute approximate surface area is 357 Å². The lowest BCUT2D eigenvalue weighted by Crippen LogP contribution is -2.67. The van der Waals surface area contributed by atoms with Gasteiger partial charge in [0.2, 0.25) is 0 Å². The van der Waals surface area contributed by atoms with Gasteiger partial charge in [0.25, 0.3) is 0 Å². The molecule has 312 valence electrons. The first-order valence-corrected chi connectivity index (χ1v) is 24.3. The summed E-state index contributed by atoms with van der Waals surface area (Å²) in [5.74, 6) is 6.26. The first kappa shape index (κ1) is 37.7. The minimum atomic E-state index is -4.10. The van der Waals surface area contributed by atoms with Gasteiger partial charge in [0, 0.05) is 70.6 Å². The van der Waals surface area contributed by atoms with Crippen molar-refractivity contribution in [3.8, 4) is 0 Å². The van der Waals surface area contributed by atoms with E-state index in [4.69, 9.17) is 33.8 Å². The van der Waals surface area contributed by atoms with Crippen molar-refractivity contribution in [1.82, 2.24) is 14.1 Å². The van der Waals surface area contributed by atoms with Gasteiger partial charge in [-0.15, -0.1) is 0 Å². The van der Waals surface area contributed by atoms with Crippen molar-refractivity contribution in [3.63, 3.8) is 0 Å². The summed E-state index contributed by atoms with van der Waals surface area (Å²) < 4.78 is 20.5. The largest absolute Gasteiger partial charge is 0.599 e. The summed E-state index contributed by atoms with van der Waals surface area (Å²) in [7, 11) is -4.10. The van der Waals surface area contributed by atoms with Crippen LogP contribution in [0.5, 0.6) is 0 Å². The van der Waals surface area contributed by atoms with Gasteiger partial charge in [-0.3, -0.25) is 8.80 Å². The number of fused-ring (bicyclic) bond motifs is 12. The summed E-state index contributed by atoms with van der Waals surface area (Å²) in [6, 6.07) is 17.1. The first-order valence-electron chi connectivity index (χ1n) is 22.6. The van der Waals surface area contributed by atoms with Crippen LogP contribution in [0.25, 0.3) is 10.8 Å². The lowest BCUT2D eigenvalue weighted by Gasteiger charge is -2.44. The number of benzene rings is 2. The molecule has 6 bridgehead atoms. The number of nitrogens with zero attached hydrogens (tertiary/aromatic N) is 7. The number of aliphatic hydroxyl groups excluding tert-OH is 2. The summed E-state index contributed by atoms with van der Waals surface area (Å²) >= 11 is 0. The average Bonchev–Trinajstić information content (AvgIpc) is 4.03. The second-order valence-electron chi connectivity index (χ2n) is 18.2. The third-order valence-corrected chi connectivity index (χ3v) is 17.7. The zero-order valence-electron chi connectivity index (χ0n) is 34.5. The van der Waals surface area contributed by atoms with Crippen molar-refractivity contribution in [2.75, 3.05) is 26.4 Å². The Hall–Kier alpha value is -5.05. The van der Waals surface area contributed by atoms with E-state index < -0.39 is 15.0 Å². The van der Waals surface area contributed by atoms with Gasteiger partial charge in [-0.25, -0.2) is 25.0 Å². The average molecular weight is 833 g/mol. The van der Waals surface area contributed by atoms with Gasteiger partial charge < -0.3 is 24.4 Å². The third kappa shape index (κ3) is 6.10. The third-order valence-electron chi connectivity index (χ3n) is 14.6. The molecule has 3 aromatic rings. The highest BCUT2D eigenvalue weighted by Crippen LogP contribution is 2.49. The zero-order chi connectivity index (χ0) is 40.7. The van der Waals surface area contributed by atoms with Crippen molar-refractivity contribution in [2.24, 2.45) is 48.6 Å². The van der Waals surface area contributed by atoms with E-state index in [1.807, 2.05) is 0 Å². The Morgan fingerprint density at radius 1 is 0.623 bits per heavy atom. The Morgan fingerprint density at radius 3 is 1.84 bits per heavy atom. The van der Waals surface area contributed by atoms with Crippen LogP contribution in [-0.2, 0) is 8.85 Å². The molecular formula is C48H52N8O4Si. The van der Waals surface area contributed by atoms with Gasteiger partial charge in [0.1, 0.15) is 29.5 Å². The normalized spacial score (nSPS) is 32.2. The number of hydrogen-bond donors (Lipinski definition) is 3. The van der Waals surface area contributed by atoms with Crippen molar-refractivity contribution >= 4 is 60.5 Å². The minimum absolute atomic E-state index is 0.227. The number of aliphatic imine (C=N–C) groups is 5. The van der Waals surface area contributed by atoms with Gasteiger partial charge >= 0.3 is 8.88 Å². The Kier molecular flexibility index (Phi) is 9.32. The van der Waals surface area contributed by atoms with Gasteiger partial charge in [0.15, 0.2) is 17.5 Å². The van der Waals surface area contributed by atoms with Gasteiger partial charge in [0.05, 0.1) is 0 Å². The second-order valence-corrected chi connectivity index (χ2v) is 20.8. The van der Waals surface area contributed by atoms with E-state index in [1.165, 1.54) is 5.57 Å². The van der Waals surface area contributed by atoms with Crippen molar-refractivity contribution < 1.29 is 19.1 Å². The highest BCUT2D eigenvalue weighted by atomic mass is 28.4. The molecule has 0 amide bonds. The quantitative estimate of drug-likeness (QED) is 0.196. The summed E-state index contributed by atoms with van der Waals surface area (Å²) in [4.78, 5) is 27.6. The molecule has 6 heterocycles. The van der Waals surface area contributed by atoms with E-state index in [2.05, 4.69) is 86.9 Å². The van der Waals surface area contributed by atoms with Crippen LogP contribution in [0.15, 0.2) is 120 Å². The molecule has 5 aliphatic heterocycles. The van der Waals surface area contributed by atoms with Crippen LogP contribution in [0.2, 0.25) is 0 Å². The molecule has 2 aromatic carbocycles. The summed E-state index contributed by atoms with van der Waals surface area (Å²) in [5.41, 5.74) is 6.41. The van der Waals surface area contributed by atoms with E-state index in [-0.39, 0.29) is 25.0 Å². The second kappa shape index (κ2) is 15.1. The molecule has 61 heavy (non-hydrogen) atoms. The van der Waals surface area contributed by atoms with Gasteiger partial charge in [-0.1, -0.05) is 72.8 Å². The number of hydrogen-bond acceptors (Lipinski definition) is 11. The van der Waals surface area contributed by atoms with Gasteiger partial charge in [-0.2, -0.15) is 0 Å². The maximum absolute atomic E-state index is 10.1. The molecule has 4 aliphatic carbocycles. The fourth-order valence-electron chi connectivity index (χ4n) is 11.1. The number of aromatic nitrogens is 1. The van der Waals surface area contributed by atoms with Gasteiger partial charge in [-0.05, 0) is 101 Å². The predicted molar refractivity (Wildman–Crippen MR) is 241 cm³/mol. The lowest BCUT2D eigenvalue weighted by atomic mass is 9.83. The molecule has 9 aliphatic rings. The van der Waals surface area contributed by atoms with E-state index >= 15 is 0 Å². The molecule has 13 heteroatoms. The Morgan fingerprint density at radius 2 is 1.18 bits per heavy atom. The molecule has 2 fully saturated rings. The topological polar surface area (TPSA) is 141 Å². The summed E-state index contributed by atoms with van der Waals surface area (Å²) in [6.07, 6.45) is 19.7. The van der Waals surface area contributed by atoms with E-state index in [1.54, 1.807) is 0 Å². The maximum Gasteiger partial charge on any atom is 0.599 e. The van der Waals surface area contributed by atoms with Crippen LogP contribution in [0, 0.1) is 23.7 Å². The standard InChI is InChI=1S/C48H52N8O4Si/c57-25-29-17-21-31(22-18-29)27-59-61(60-28-32-23-19-30(26-58)20-24-32)55-45-37-13-5-6-14-38(37)47(55)53-43-35-11-3-4-12-36(35)44(50-43)54-48-40-16-8-7-15-39(40)46(56(48)61)52-42-34-10-2-1-9-33(34)41(49-42)51-45/h1,4-9,12-16,29-32,46,57-58H,2-3,10-11,17-28H2,(H,49,51,52)/b53-43-,54-48-. The predicted octanol–water partition coefficient (Wildman–Crippen LogP) is 8.11. The molecule has 1 unspecified atom stereocenters. The molecule has 12 rings (SSSR count). The molecule has 1 aromatic heterocycles. The molecule has 12 nitrogen and oxygen atoms in total. The van der Waals surface area contributed by atoms with E-state index in [0.717, 1.165) is 139 Å².